The van der Waals surface area contributed by atoms with E-state index in [9.17, 15) is 9.90 Å². The van der Waals surface area contributed by atoms with E-state index in [-0.39, 0.29) is 17.9 Å². The summed E-state index contributed by atoms with van der Waals surface area (Å²) in [6.07, 6.45) is -0.665. The number of hydrogen-bond donors (Lipinski definition) is 2. The molecule has 2 aromatic rings. The molecule has 0 saturated carbocycles. The first-order chi connectivity index (χ1) is 9.89. The highest BCUT2D eigenvalue weighted by molar-refractivity contribution is 7.07. The topological polar surface area (TPSA) is 49.3 Å². The van der Waals surface area contributed by atoms with Crippen molar-refractivity contribution in [1.82, 2.24) is 5.32 Å². The lowest BCUT2D eigenvalue weighted by molar-refractivity contribution is 0.0914. The molecule has 0 saturated heterocycles. The van der Waals surface area contributed by atoms with Gasteiger partial charge in [-0.3, -0.25) is 4.79 Å². The number of thiophene rings is 1. The molecule has 112 valence electrons. The number of carbonyl (C=O) groups excluding carboxylic acids is 1. The second kappa shape index (κ2) is 6.41. The van der Waals surface area contributed by atoms with E-state index in [2.05, 4.69) is 26.1 Å². The summed E-state index contributed by atoms with van der Waals surface area (Å²) >= 11 is 1.53. The lowest BCUT2D eigenvalue weighted by Gasteiger charge is -2.22. The number of benzene rings is 1. The SMILES string of the molecule is CC(C)(C)c1ccccc1C(=O)NCC(O)c1ccsc1. The van der Waals surface area contributed by atoms with Gasteiger partial charge in [0.05, 0.1) is 6.10 Å². The van der Waals surface area contributed by atoms with Crippen LogP contribution in [0, 0.1) is 0 Å². The Morgan fingerprint density at radius 3 is 2.62 bits per heavy atom. The molecular weight excluding hydrogens is 282 g/mol. The standard InChI is InChI=1S/C17H21NO2S/c1-17(2,3)14-7-5-4-6-13(14)16(20)18-10-15(19)12-8-9-21-11-12/h4-9,11,15,19H,10H2,1-3H3,(H,18,20). The van der Waals surface area contributed by atoms with Gasteiger partial charge in [-0.05, 0) is 39.4 Å². The molecule has 1 heterocycles. The van der Waals surface area contributed by atoms with Crippen LogP contribution >= 0.6 is 11.3 Å². The van der Waals surface area contributed by atoms with Crippen LogP contribution in [0.25, 0.3) is 0 Å². The van der Waals surface area contributed by atoms with Crippen LogP contribution < -0.4 is 5.32 Å². The van der Waals surface area contributed by atoms with E-state index < -0.39 is 6.10 Å². The fourth-order valence-corrected chi connectivity index (χ4v) is 2.91. The van der Waals surface area contributed by atoms with Gasteiger partial charge in [0.15, 0.2) is 0 Å². The minimum Gasteiger partial charge on any atom is -0.387 e. The van der Waals surface area contributed by atoms with Crippen molar-refractivity contribution in [2.75, 3.05) is 6.54 Å². The summed E-state index contributed by atoms with van der Waals surface area (Å²) in [5, 5.41) is 16.6. The van der Waals surface area contributed by atoms with Crippen molar-refractivity contribution < 1.29 is 9.90 Å². The van der Waals surface area contributed by atoms with Gasteiger partial charge in [-0.15, -0.1) is 0 Å². The van der Waals surface area contributed by atoms with Gasteiger partial charge in [-0.25, -0.2) is 0 Å². The molecule has 1 amide bonds. The number of hydrogen-bond acceptors (Lipinski definition) is 3. The normalized spacial score (nSPS) is 13.0. The van der Waals surface area contributed by atoms with Gasteiger partial charge in [-0.2, -0.15) is 11.3 Å². The molecule has 4 heteroatoms. The lowest BCUT2D eigenvalue weighted by Crippen LogP contribution is -2.30. The highest BCUT2D eigenvalue weighted by Crippen LogP contribution is 2.25. The van der Waals surface area contributed by atoms with E-state index in [1.54, 1.807) is 0 Å². The van der Waals surface area contributed by atoms with E-state index in [1.807, 2.05) is 41.1 Å². The van der Waals surface area contributed by atoms with Crippen molar-refractivity contribution >= 4 is 17.2 Å². The molecule has 2 N–H and O–H groups in total. The highest BCUT2D eigenvalue weighted by Gasteiger charge is 2.21. The Hall–Kier alpha value is -1.65. The molecule has 1 atom stereocenters. The Kier molecular flexibility index (Phi) is 4.80. The van der Waals surface area contributed by atoms with Crippen LogP contribution in [0.2, 0.25) is 0 Å². The van der Waals surface area contributed by atoms with E-state index in [1.165, 1.54) is 11.3 Å². The van der Waals surface area contributed by atoms with Crippen LogP contribution in [0.3, 0.4) is 0 Å². The van der Waals surface area contributed by atoms with Crippen LogP contribution in [-0.2, 0) is 5.41 Å². The summed E-state index contributed by atoms with van der Waals surface area (Å²) in [6.45, 7) is 6.46. The zero-order chi connectivity index (χ0) is 15.5. The molecule has 0 fully saturated rings. The van der Waals surface area contributed by atoms with E-state index in [0.29, 0.717) is 5.56 Å². The van der Waals surface area contributed by atoms with Gasteiger partial charge in [0.2, 0.25) is 0 Å². The minimum absolute atomic E-state index is 0.0973. The monoisotopic (exact) mass is 303 g/mol. The Labute approximate surface area is 129 Å². The Bertz CT molecular complexity index is 600. The smallest absolute Gasteiger partial charge is 0.251 e. The largest absolute Gasteiger partial charge is 0.387 e. The Balaban J connectivity index is 2.08. The maximum absolute atomic E-state index is 12.4. The van der Waals surface area contributed by atoms with Gasteiger partial charge in [-0.1, -0.05) is 39.0 Å². The molecule has 0 radical (unpaired) electrons. The Morgan fingerprint density at radius 2 is 2.00 bits per heavy atom. The first-order valence-corrected chi connectivity index (χ1v) is 7.92. The molecule has 0 aliphatic rings. The number of carbonyl (C=O) groups is 1. The van der Waals surface area contributed by atoms with E-state index in [0.717, 1.165) is 11.1 Å². The first kappa shape index (κ1) is 15.7. The molecule has 0 aliphatic heterocycles. The van der Waals surface area contributed by atoms with Crippen LogP contribution in [-0.4, -0.2) is 17.6 Å². The number of nitrogens with one attached hydrogen (secondary N) is 1. The molecule has 1 aromatic heterocycles. The van der Waals surface area contributed by atoms with Crippen LogP contribution in [0.4, 0.5) is 0 Å². The third kappa shape index (κ3) is 3.93. The van der Waals surface area contributed by atoms with Gasteiger partial charge >= 0.3 is 0 Å². The number of aliphatic hydroxyl groups excluding tert-OH is 1. The molecule has 0 aliphatic carbocycles. The van der Waals surface area contributed by atoms with Crippen molar-refractivity contribution in [3.63, 3.8) is 0 Å². The molecule has 1 unspecified atom stereocenters. The summed E-state index contributed by atoms with van der Waals surface area (Å²) in [6, 6.07) is 9.47. The molecule has 21 heavy (non-hydrogen) atoms. The lowest BCUT2D eigenvalue weighted by atomic mass is 9.83. The van der Waals surface area contributed by atoms with E-state index in [4.69, 9.17) is 0 Å². The average Bonchev–Trinajstić information content (AvgIpc) is 2.97. The van der Waals surface area contributed by atoms with E-state index >= 15 is 0 Å². The van der Waals surface area contributed by atoms with Crippen LogP contribution in [0.15, 0.2) is 41.1 Å². The fourth-order valence-electron chi connectivity index (χ4n) is 2.20. The minimum atomic E-state index is -0.665. The van der Waals surface area contributed by atoms with Crippen molar-refractivity contribution in [3.8, 4) is 0 Å². The van der Waals surface area contributed by atoms with Gasteiger partial charge < -0.3 is 10.4 Å². The van der Waals surface area contributed by atoms with Crippen molar-refractivity contribution in [2.24, 2.45) is 0 Å². The summed E-state index contributed by atoms with van der Waals surface area (Å²) < 4.78 is 0. The molecule has 2 rings (SSSR count). The van der Waals surface area contributed by atoms with Crippen LogP contribution in [0.1, 0.15) is 48.4 Å². The molecule has 0 spiro atoms. The van der Waals surface area contributed by atoms with Gasteiger partial charge in [0.25, 0.3) is 5.91 Å². The second-order valence-electron chi connectivity index (χ2n) is 6.08. The van der Waals surface area contributed by atoms with Crippen molar-refractivity contribution in [1.29, 1.82) is 0 Å². The van der Waals surface area contributed by atoms with Crippen LogP contribution in [0.5, 0.6) is 0 Å². The third-order valence-corrected chi connectivity index (χ3v) is 4.07. The summed E-state index contributed by atoms with van der Waals surface area (Å²) in [7, 11) is 0. The number of aliphatic hydroxyl groups is 1. The van der Waals surface area contributed by atoms with Gasteiger partial charge in [0.1, 0.15) is 0 Å². The van der Waals surface area contributed by atoms with Gasteiger partial charge in [0, 0.05) is 12.1 Å². The van der Waals surface area contributed by atoms with Crippen molar-refractivity contribution in [2.45, 2.75) is 32.3 Å². The molecule has 0 bridgehead atoms. The molecule has 1 aromatic carbocycles. The number of amides is 1. The summed E-state index contributed by atoms with van der Waals surface area (Å²) in [5.74, 6) is -0.144. The molecule has 3 nitrogen and oxygen atoms in total. The predicted molar refractivity (Wildman–Crippen MR) is 86.8 cm³/mol. The predicted octanol–water partition coefficient (Wildman–Crippen LogP) is 3.51. The second-order valence-corrected chi connectivity index (χ2v) is 6.86. The zero-order valence-electron chi connectivity index (χ0n) is 12.6. The summed E-state index contributed by atoms with van der Waals surface area (Å²) in [4.78, 5) is 12.4. The summed E-state index contributed by atoms with van der Waals surface area (Å²) in [5.41, 5.74) is 2.42. The number of rotatable bonds is 4. The zero-order valence-corrected chi connectivity index (χ0v) is 13.4. The third-order valence-electron chi connectivity index (χ3n) is 3.36. The quantitative estimate of drug-likeness (QED) is 0.908. The average molecular weight is 303 g/mol. The first-order valence-electron chi connectivity index (χ1n) is 6.97. The molecular formula is C17H21NO2S. The highest BCUT2D eigenvalue weighted by atomic mass is 32.1. The maximum Gasteiger partial charge on any atom is 0.251 e. The van der Waals surface area contributed by atoms with Crippen molar-refractivity contribution in [3.05, 3.63) is 57.8 Å². The maximum atomic E-state index is 12.4. The Morgan fingerprint density at radius 1 is 1.29 bits per heavy atom. The fraction of sp³-hybridized carbons (Fsp3) is 0.353.